The maximum atomic E-state index is 8.73. The van der Waals surface area contributed by atoms with Crippen LogP contribution in [0.1, 0.15) is 6.42 Å². The highest BCUT2D eigenvalue weighted by Gasteiger charge is 1.96. The van der Waals surface area contributed by atoms with E-state index in [1.165, 1.54) is 0 Å². The number of nitrogens with zero attached hydrogens (tertiary/aromatic N) is 1. The van der Waals surface area contributed by atoms with E-state index in [4.69, 9.17) is 5.11 Å². The van der Waals surface area contributed by atoms with Crippen molar-refractivity contribution in [3.8, 4) is 0 Å². The molecule has 1 unspecified atom stereocenters. The molecule has 0 aromatic carbocycles. The molecule has 0 aromatic rings. The first-order valence-electron chi connectivity index (χ1n) is 2.26. The lowest BCUT2D eigenvalue weighted by atomic mass is 10.2. The summed E-state index contributed by atoms with van der Waals surface area (Å²) < 4.78 is 0. The zero-order chi connectivity index (χ0) is 5.11. The van der Waals surface area contributed by atoms with E-state index in [0.29, 0.717) is 6.42 Å². The van der Waals surface area contributed by atoms with E-state index in [0.717, 1.165) is 0 Å². The Balaban J connectivity index is 2.49. The molecule has 0 amide bonds. The van der Waals surface area contributed by atoms with Crippen LogP contribution in [0.5, 0.6) is 0 Å². The third-order valence-electron chi connectivity index (χ3n) is 0.847. The van der Waals surface area contributed by atoms with E-state index < -0.39 is 0 Å². The molecule has 0 radical (unpaired) electrons. The molecule has 2 heteroatoms. The molecule has 1 N–H and O–H groups in total. The molecule has 1 aliphatic rings. The average Bonchev–Trinajstić information content (AvgIpc) is 1.69. The molecule has 0 saturated heterocycles. The third-order valence-corrected chi connectivity index (χ3v) is 0.847. The van der Waals surface area contributed by atoms with E-state index >= 15 is 0 Å². The van der Waals surface area contributed by atoms with E-state index in [2.05, 4.69) is 4.99 Å². The van der Waals surface area contributed by atoms with Crippen molar-refractivity contribution in [1.29, 1.82) is 0 Å². The fourth-order valence-corrected chi connectivity index (χ4v) is 0.457. The van der Waals surface area contributed by atoms with Crippen LogP contribution in [0.4, 0.5) is 0 Å². The largest absolute Gasteiger partial charge is 0.389 e. The van der Waals surface area contributed by atoms with Crippen molar-refractivity contribution in [3.63, 3.8) is 0 Å². The van der Waals surface area contributed by atoms with Crippen molar-refractivity contribution >= 4 is 6.21 Å². The van der Waals surface area contributed by atoms with E-state index in [-0.39, 0.29) is 6.10 Å². The second-order valence-corrected chi connectivity index (χ2v) is 1.48. The lowest BCUT2D eigenvalue weighted by Gasteiger charge is -2.00. The molecular weight excluding hydrogens is 90.1 g/mol. The molecule has 2 nitrogen and oxygen atoms in total. The van der Waals surface area contributed by atoms with E-state index in [9.17, 15) is 0 Å². The summed E-state index contributed by atoms with van der Waals surface area (Å²) in [6.45, 7) is 0. The molecule has 0 spiro atoms. The van der Waals surface area contributed by atoms with Crippen LogP contribution in [0.2, 0.25) is 0 Å². The standard InChI is InChI=1S/C5H7NO/c7-5-1-3-6-4-2-5/h1,3-5,7H,2H2. The summed E-state index contributed by atoms with van der Waals surface area (Å²) in [5, 5.41) is 8.73. The molecule has 0 bridgehead atoms. The van der Waals surface area contributed by atoms with Gasteiger partial charge in [0, 0.05) is 18.8 Å². The highest BCUT2D eigenvalue weighted by molar-refractivity contribution is 5.60. The fraction of sp³-hybridized carbons (Fsp3) is 0.400. The first kappa shape index (κ1) is 4.53. The normalized spacial score (nSPS) is 28.4. The van der Waals surface area contributed by atoms with Crippen LogP contribution in [-0.2, 0) is 0 Å². The Morgan fingerprint density at radius 1 is 1.71 bits per heavy atom. The smallest absolute Gasteiger partial charge is 0.0788 e. The summed E-state index contributed by atoms with van der Waals surface area (Å²) in [6, 6.07) is 0. The quantitative estimate of drug-likeness (QED) is 0.464. The zero-order valence-corrected chi connectivity index (χ0v) is 3.91. The number of rotatable bonds is 0. The second kappa shape index (κ2) is 1.89. The van der Waals surface area contributed by atoms with Gasteiger partial charge in [-0.1, -0.05) is 0 Å². The van der Waals surface area contributed by atoms with Crippen molar-refractivity contribution in [2.75, 3.05) is 0 Å². The molecule has 0 aromatic heterocycles. The van der Waals surface area contributed by atoms with Crippen molar-refractivity contribution in [2.45, 2.75) is 12.5 Å². The molecule has 0 fully saturated rings. The minimum Gasteiger partial charge on any atom is -0.389 e. The lowest BCUT2D eigenvalue weighted by molar-refractivity contribution is 0.231. The Kier molecular flexibility index (Phi) is 1.22. The van der Waals surface area contributed by atoms with Gasteiger partial charge in [-0.25, -0.2) is 0 Å². The number of aliphatic imine (C=N–C) groups is 1. The highest BCUT2D eigenvalue weighted by atomic mass is 16.3. The molecule has 38 valence electrons. The summed E-state index contributed by atoms with van der Waals surface area (Å²) in [5.74, 6) is 0. The van der Waals surface area contributed by atoms with Gasteiger partial charge < -0.3 is 5.11 Å². The maximum Gasteiger partial charge on any atom is 0.0788 e. The monoisotopic (exact) mass is 97.1 g/mol. The Morgan fingerprint density at radius 3 is 2.86 bits per heavy atom. The molecule has 1 atom stereocenters. The van der Waals surface area contributed by atoms with Crippen molar-refractivity contribution in [3.05, 3.63) is 12.3 Å². The van der Waals surface area contributed by atoms with Crippen molar-refractivity contribution in [2.24, 2.45) is 4.99 Å². The Morgan fingerprint density at radius 2 is 2.57 bits per heavy atom. The van der Waals surface area contributed by atoms with Gasteiger partial charge in [0.2, 0.25) is 0 Å². The van der Waals surface area contributed by atoms with Gasteiger partial charge in [0.05, 0.1) is 6.10 Å². The average molecular weight is 97.1 g/mol. The van der Waals surface area contributed by atoms with Gasteiger partial charge in [0.25, 0.3) is 0 Å². The van der Waals surface area contributed by atoms with Crippen molar-refractivity contribution in [1.82, 2.24) is 0 Å². The molecule has 7 heavy (non-hydrogen) atoms. The van der Waals surface area contributed by atoms with Crippen LogP contribution in [0.15, 0.2) is 17.3 Å². The van der Waals surface area contributed by atoms with Crippen LogP contribution in [0.25, 0.3) is 0 Å². The van der Waals surface area contributed by atoms with Crippen LogP contribution in [-0.4, -0.2) is 17.4 Å². The predicted molar refractivity (Wildman–Crippen MR) is 28.3 cm³/mol. The lowest BCUT2D eigenvalue weighted by Crippen LogP contribution is -2.04. The molecule has 1 aliphatic heterocycles. The van der Waals surface area contributed by atoms with E-state index in [1.54, 1.807) is 18.5 Å². The number of aliphatic hydroxyl groups excluding tert-OH is 1. The van der Waals surface area contributed by atoms with Crippen LogP contribution >= 0.6 is 0 Å². The predicted octanol–water partition coefficient (Wildman–Crippen LogP) is 0.335. The number of aliphatic hydroxyl groups is 1. The summed E-state index contributed by atoms with van der Waals surface area (Å²) in [6.07, 6.45) is 5.34. The number of hydrogen-bond donors (Lipinski definition) is 1. The van der Waals surface area contributed by atoms with E-state index in [1.807, 2.05) is 0 Å². The summed E-state index contributed by atoms with van der Waals surface area (Å²) >= 11 is 0. The molecular formula is C5H7NO. The van der Waals surface area contributed by atoms with Gasteiger partial charge in [-0.3, -0.25) is 4.99 Å². The van der Waals surface area contributed by atoms with Crippen molar-refractivity contribution < 1.29 is 5.11 Å². The summed E-state index contributed by atoms with van der Waals surface area (Å²) in [5.41, 5.74) is 0. The zero-order valence-electron chi connectivity index (χ0n) is 3.91. The first-order valence-corrected chi connectivity index (χ1v) is 2.26. The topological polar surface area (TPSA) is 32.6 Å². The molecule has 0 aliphatic carbocycles. The molecule has 1 heterocycles. The summed E-state index contributed by atoms with van der Waals surface area (Å²) in [4.78, 5) is 3.76. The minimum atomic E-state index is -0.294. The van der Waals surface area contributed by atoms with Gasteiger partial charge in [0.1, 0.15) is 0 Å². The Bertz CT molecular complexity index is 107. The van der Waals surface area contributed by atoms with Gasteiger partial charge in [-0.05, 0) is 6.08 Å². The van der Waals surface area contributed by atoms with Crippen LogP contribution in [0.3, 0.4) is 0 Å². The molecule has 0 saturated carbocycles. The highest BCUT2D eigenvalue weighted by Crippen LogP contribution is 1.95. The van der Waals surface area contributed by atoms with Gasteiger partial charge in [0.15, 0.2) is 0 Å². The Hall–Kier alpha value is -0.630. The third kappa shape index (κ3) is 1.12. The second-order valence-electron chi connectivity index (χ2n) is 1.48. The minimum absolute atomic E-state index is 0.294. The van der Waals surface area contributed by atoms with Gasteiger partial charge in [-0.15, -0.1) is 0 Å². The number of hydrogen-bond acceptors (Lipinski definition) is 2. The SMILES string of the molecule is OC1C=CN=CC1. The van der Waals surface area contributed by atoms with Gasteiger partial charge >= 0.3 is 0 Å². The van der Waals surface area contributed by atoms with Gasteiger partial charge in [-0.2, -0.15) is 0 Å². The first-order chi connectivity index (χ1) is 3.39. The maximum absolute atomic E-state index is 8.73. The fourth-order valence-electron chi connectivity index (χ4n) is 0.457. The Labute approximate surface area is 42.2 Å². The molecule has 1 rings (SSSR count). The van der Waals surface area contributed by atoms with Crippen LogP contribution in [0, 0.1) is 0 Å². The summed E-state index contributed by atoms with van der Waals surface area (Å²) in [7, 11) is 0. The van der Waals surface area contributed by atoms with Crippen LogP contribution < -0.4 is 0 Å².